The third-order valence-electron chi connectivity index (χ3n) is 8.05. The van der Waals surface area contributed by atoms with Gasteiger partial charge in [-0.1, -0.05) is 34.8 Å². The molecule has 192 valence electrons. The van der Waals surface area contributed by atoms with Crippen molar-refractivity contribution in [3.63, 3.8) is 0 Å². The maximum absolute atomic E-state index is 13.4. The van der Waals surface area contributed by atoms with Gasteiger partial charge in [-0.3, -0.25) is 13.9 Å². The Hall–Kier alpha value is -0.970. The number of alkyl halides is 1. The molecule has 2 amide bonds. The van der Waals surface area contributed by atoms with E-state index in [2.05, 4.69) is 5.32 Å². The van der Waals surface area contributed by atoms with Crippen LogP contribution in [0.25, 0.3) is 0 Å². The highest BCUT2D eigenvalue weighted by Gasteiger charge is 2.58. The van der Waals surface area contributed by atoms with Gasteiger partial charge in [-0.2, -0.15) is 12.7 Å². The number of nitrogens with two attached hydrogens (primary N) is 1. The molecule has 6 rings (SSSR count). The van der Waals surface area contributed by atoms with Crippen molar-refractivity contribution in [3.05, 3.63) is 27.2 Å². The fraction of sp³-hybridized carbons (Fsp3) is 0.636. The van der Waals surface area contributed by atoms with Crippen molar-refractivity contribution in [1.82, 2.24) is 9.62 Å². The quantitative estimate of drug-likeness (QED) is 0.517. The second-order valence-electron chi connectivity index (χ2n) is 10.4. The molecule has 3 atom stereocenters. The summed E-state index contributed by atoms with van der Waals surface area (Å²) in [5, 5.41) is 2.89. The van der Waals surface area contributed by atoms with Crippen LogP contribution in [0.1, 0.15) is 32.1 Å². The molecule has 35 heavy (non-hydrogen) atoms. The second kappa shape index (κ2) is 9.10. The predicted octanol–water partition coefficient (Wildman–Crippen LogP) is 3.42. The van der Waals surface area contributed by atoms with Crippen molar-refractivity contribution in [2.45, 2.75) is 43.5 Å². The van der Waals surface area contributed by atoms with Crippen LogP contribution in [-0.4, -0.2) is 55.6 Å². The molecule has 4 bridgehead atoms. The summed E-state index contributed by atoms with van der Waals surface area (Å²) < 4.78 is 29.0. The lowest BCUT2D eigenvalue weighted by Crippen LogP contribution is -2.63. The van der Waals surface area contributed by atoms with E-state index in [-0.39, 0.29) is 64.2 Å². The number of hydrogen-bond acceptors (Lipinski definition) is 4. The van der Waals surface area contributed by atoms with Crippen molar-refractivity contribution in [3.8, 4) is 0 Å². The number of halogens is 4. The van der Waals surface area contributed by atoms with Crippen LogP contribution < -0.4 is 15.4 Å². The molecule has 5 fully saturated rings. The number of hydrogen-bond donors (Lipinski definition) is 2. The van der Waals surface area contributed by atoms with E-state index in [9.17, 15) is 18.0 Å². The number of nitrogens with one attached hydrogen (secondary N) is 1. The molecule has 8 nitrogen and oxygen atoms in total. The largest absolute Gasteiger partial charge is 0.369 e. The van der Waals surface area contributed by atoms with Gasteiger partial charge in [-0.15, -0.1) is 11.6 Å². The molecular formula is C22H26Cl4N4O4S. The highest BCUT2D eigenvalue weighted by molar-refractivity contribution is 7.90. The van der Waals surface area contributed by atoms with Gasteiger partial charge in [0.05, 0.1) is 34.2 Å². The number of anilines is 1. The van der Waals surface area contributed by atoms with Crippen molar-refractivity contribution in [2.24, 2.45) is 28.9 Å². The average Bonchev–Trinajstić information content (AvgIpc) is 2.73. The van der Waals surface area contributed by atoms with E-state index in [1.165, 1.54) is 12.1 Å². The highest BCUT2D eigenvalue weighted by Crippen LogP contribution is 2.59. The molecule has 1 heterocycles. The van der Waals surface area contributed by atoms with Crippen LogP contribution in [0.5, 0.6) is 0 Å². The molecule has 1 aromatic carbocycles. The molecule has 1 saturated heterocycles. The van der Waals surface area contributed by atoms with Crippen molar-refractivity contribution >= 4 is 74.1 Å². The molecule has 3 N–H and O–H groups in total. The first-order valence-electron chi connectivity index (χ1n) is 11.6. The predicted molar refractivity (Wildman–Crippen MR) is 136 cm³/mol. The number of benzene rings is 1. The molecular weight excluding hydrogens is 558 g/mol. The molecule has 0 radical (unpaired) electrons. The third kappa shape index (κ3) is 4.50. The van der Waals surface area contributed by atoms with Gasteiger partial charge in [0, 0.05) is 23.0 Å². The van der Waals surface area contributed by atoms with Gasteiger partial charge in [0.15, 0.2) is 0 Å². The topological polar surface area (TPSA) is 113 Å². The number of carbonyl (C=O) groups is 2. The zero-order valence-electron chi connectivity index (χ0n) is 18.7. The molecule has 1 aromatic rings. The normalized spacial score (nSPS) is 35.8. The molecule has 5 aliphatic rings. The van der Waals surface area contributed by atoms with E-state index < -0.39 is 26.9 Å². The fourth-order valence-corrected chi connectivity index (χ4v) is 10.2. The van der Waals surface area contributed by atoms with E-state index in [0.29, 0.717) is 18.8 Å². The lowest BCUT2D eigenvalue weighted by Gasteiger charge is -2.58. The Labute approximate surface area is 224 Å². The SMILES string of the molecule is NC(=O)C12CC3CC(C1)C(NC(=O)CN1CC(Cl)CN(c4c(Cl)cc(Cl)cc4Cl)S1(=O)=O)C(C3)C2. The number of carbonyl (C=O) groups excluding carboxylic acids is 2. The van der Waals surface area contributed by atoms with E-state index in [0.717, 1.165) is 27.9 Å². The van der Waals surface area contributed by atoms with Gasteiger partial charge in [0.25, 0.3) is 0 Å². The summed E-state index contributed by atoms with van der Waals surface area (Å²) in [5.74, 6) is 0.140. The first-order valence-corrected chi connectivity index (χ1v) is 14.5. The Balaban J connectivity index is 1.32. The summed E-state index contributed by atoms with van der Waals surface area (Å²) in [6.45, 7) is -0.460. The number of primary amides is 1. The minimum Gasteiger partial charge on any atom is -0.369 e. The molecule has 0 spiro atoms. The van der Waals surface area contributed by atoms with E-state index in [1.54, 1.807) is 0 Å². The van der Waals surface area contributed by atoms with E-state index >= 15 is 0 Å². The number of rotatable bonds is 5. The van der Waals surface area contributed by atoms with Crippen molar-refractivity contribution < 1.29 is 18.0 Å². The molecule has 1 aliphatic heterocycles. The van der Waals surface area contributed by atoms with Gasteiger partial charge < -0.3 is 11.1 Å². The first-order chi connectivity index (χ1) is 16.4. The standard InChI is InChI=1S/C22H26Cl4N4O4S/c23-14-3-16(25)20(17(26)4-14)30-9-15(24)8-29(35(30,33)34)10-18(31)28-19-12-1-11-2-13(19)7-22(5-11,6-12)21(27)32/h3-4,11-13,15,19H,1-2,5-10H2,(H2,27,32)(H,28,31). The summed E-state index contributed by atoms with van der Waals surface area (Å²) in [6.07, 6.45) is 4.08. The van der Waals surface area contributed by atoms with E-state index in [1.807, 2.05) is 0 Å². The van der Waals surface area contributed by atoms with E-state index in [4.69, 9.17) is 52.1 Å². The maximum atomic E-state index is 13.4. The molecule has 13 heteroatoms. The summed E-state index contributed by atoms with van der Waals surface area (Å²) in [5.41, 5.74) is 5.37. The van der Waals surface area contributed by atoms with Crippen LogP contribution in [0.2, 0.25) is 15.1 Å². The Morgan fingerprint density at radius 2 is 1.66 bits per heavy atom. The summed E-state index contributed by atoms with van der Waals surface area (Å²) in [7, 11) is -4.14. The van der Waals surface area contributed by atoms with Gasteiger partial charge in [0.1, 0.15) is 0 Å². The van der Waals surface area contributed by atoms with Crippen LogP contribution in [-0.2, 0) is 19.8 Å². The average molecular weight is 584 g/mol. The Morgan fingerprint density at radius 1 is 1.06 bits per heavy atom. The Morgan fingerprint density at radius 3 is 2.23 bits per heavy atom. The molecule has 0 aromatic heterocycles. The molecule has 4 saturated carbocycles. The fourth-order valence-electron chi connectivity index (χ4n) is 6.87. The monoisotopic (exact) mass is 582 g/mol. The highest BCUT2D eigenvalue weighted by atomic mass is 35.5. The minimum atomic E-state index is -4.14. The summed E-state index contributed by atoms with van der Waals surface area (Å²) in [4.78, 5) is 25.3. The third-order valence-corrected chi connectivity index (χ3v) is 10.9. The van der Waals surface area contributed by atoms with Crippen LogP contribution in [0, 0.1) is 23.2 Å². The van der Waals surface area contributed by atoms with Gasteiger partial charge in [0.2, 0.25) is 11.8 Å². The molecule has 3 unspecified atom stereocenters. The van der Waals surface area contributed by atoms with Crippen molar-refractivity contribution in [2.75, 3.05) is 23.9 Å². The number of amides is 2. The van der Waals surface area contributed by atoms with Crippen LogP contribution >= 0.6 is 46.4 Å². The number of nitrogens with zero attached hydrogens (tertiary/aromatic N) is 2. The van der Waals surface area contributed by atoms with Crippen LogP contribution in [0.3, 0.4) is 0 Å². The first kappa shape index (κ1) is 25.7. The maximum Gasteiger partial charge on any atom is 0.304 e. The van der Waals surface area contributed by atoms with Gasteiger partial charge in [-0.25, -0.2) is 0 Å². The van der Waals surface area contributed by atoms with Crippen molar-refractivity contribution in [1.29, 1.82) is 0 Å². The molecule has 4 aliphatic carbocycles. The second-order valence-corrected chi connectivity index (χ2v) is 14.1. The lowest BCUT2D eigenvalue weighted by molar-refractivity contribution is -0.147. The smallest absolute Gasteiger partial charge is 0.304 e. The zero-order valence-corrected chi connectivity index (χ0v) is 22.6. The van der Waals surface area contributed by atoms with Crippen LogP contribution in [0.4, 0.5) is 5.69 Å². The minimum absolute atomic E-state index is 0.0268. The Kier molecular flexibility index (Phi) is 6.67. The summed E-state index contributed by atoms with van der Waals surface area (Å²) >= 11 is 24.9. The van der Waals surface area contributed by atoms with Crippen LogP contribution in [0.15, 0.2) is 12.1 Å². The zero-order chi connectivity index (χ0) is 25.3. The Bertz CT molecular complexity index is 1140. The lowest BCUT2D eigenvalue weighted by atomic mass is 9.47. The van der Waals surface area contributed by atoms with Gasteiger partial charge in [-0.05, 0) is 62.0 Å². The van der Waals surface area contributed by atoms with Gasteiger partial charge >= 0.3 is 10.2 Å². The summed E-state index contributed by atoms with van der Waals surface area (Å²) in [6, 6.07) is 2.71.